The van der Waals surface area contributed by atoms with Gasteiger partial charge in [-0.25, -0.2) is 9.18 Å². The summed E-state index contributed by atoms with van der Waals surface area (Å²) in [4.78, 5) is 23.2. The van der Waals surface area contributed by atoms with Crippen LogP contribution >= 0.6 is 0 Å². The third-order valence-electron chi connectivity index (χ3n) is 2.89. The van der Waals surface area contributed by atoms with Crippen molar-refractivity contribution in [3.05, 3.63) is 29.6 Å². The van der Waals surface area contributed by atoms with Gasteiger partial charge in [0.15, 0.2) is 0 Å². The van der Waals surface area contributed by atoms with Crippen LogP contribution in [-0.2, 0) is 14.3 Å². The minimum Gasteiger partial charge on any atom is -0.463 e. The summed E-state index contributed by atoms with van der Waals surface area (Å²) in [6.45, 7) is 3.22. The highest BCUT2D eigenvalue weighted by molar-refractivity contribution is 5.90. The maximum absolute atomic E-state index is 13.6. The highest BCUT2D eigenvalue weighted by Gasteiger charge is 2.63. The van der Waals surface area contributed by atoms with Crippen LogP contribution in [0.15, 0.2) is 18.2 Å². The number of nitrogens with one attached hydrogen (secondary N) is 2. The van der Waals surface area contributed by atoms with Crippen molar-refractivity contribution < 1.29 is 31.9 Å². The maximum Gasteiger partial charge on any atom is 0.441 e. The van der Waals surface area contributed by atoms with Crippen LogP contribution in [0.3, 0.4) is 0 Å². The molecule has 23 heavy (non-hydrogen) atoms. The molecule has 0 heterocycles. The number of alkyl halides is 3. The lowest BCUT2D eigenvalue weighted by molar-refractivity contribution is -0.207. The minimum absolute atomic E-state index is 0.245. The summed E-state index contributed by atoms with van der Waals surface area (Å²) < 4.78 is 58.4. The molecule has 0 aliphatic rings. The van der Waals surface area contributed by atoms with Crippen molar-refractivity contribution in [2.24, 2.45) is 0 Å². The van der Waals surface area contributed by atoms with E-state index in [0.717, 1.165) is 19.1 Å². The van der Waals surface area contributed by atoms with Gasteiger partial charge in [-0.1, -0.05) is 6.07 Å². The van der Waals surface area contributed by atoms with E-state index in [2.05, 4.69) is 4.74 Å². The SMILES string of the molecule is CCOC(=O)[C@](NC(C)=O)(Nc1cc(F)ccc1C)C(F)(F)F. The lowest BCUT2D eigenvalue weighted by atomic mass is 10.1. The molecule has 1 aromatic rings. The molecule has 1 atom stereocenters. The van der Waals surface area contributed by atoms with E-state index in [-0.39, 0.29) is 17.9 Å². The van der Waals surface area contributed by atoms with Gasteiger partial charge in [-0.15, -0.1) is 0 Å². The quantitative estimate of drug-likeness (QED) is 0.493. The largest absolute Gasteiger partial charge is 0.463 e. The Balaban J connectivity index is 3.44. The average molecular weight is 336 g/mol. The number of benzene rings is 1. The number of aryl methyl sites for hydroxylation is 1. The van der Waals surface area contributed by atoms with E-state index in [1.807, 2.05) is 5.32 Å². The molecule has 1 rings (SSSR count). The summed E-state index contributed by atoms with van der Waals surface area (Å²) >= 11 is 0. The minimum atomic E-state index is -5.23. The molecule has 0 aliphatic carbocycles. The van der Waals surface area contributed by atoms with Crippen LogP contribution < -0.4 is 10.6 Å². The van der Waals surface area contributed by atoms with Gasteiger partial charge in [0.25, 0.3) is 0 Å². The van der Waals surface area contributed by atoms with Gasteiger partial charge in [-0.3, -0.25) is 4.79 Å². The van der Waals surface area contributed by atoms with Crippen molar-refractivity contribution in [2.75, 3.05) is 11.9 Å². The number of anilines is 1. The van der Waals surface area contributed by atoms with Crippen LogP contribution in [0.1, 0.15) is 19.4 Å². The van der Waals surface area contributed by atoms with Crippen LogP contribution in [0.4, 0.5) is 23.2 Å². The predicted molar refractivity (Wildman–Crippen MR) is 74.0 cm³/mol. The Hall–Kier alpha value is -2.32. The van der Waals surface area contributed by atoms with E-state index in [1.165, 1.54) is 19.9 Å². The fourth-order valence-electron chi connectivity index (χ4n) is 1.83. The number of carbonyl (C=O) groups excluding carboxylic acids is 2. The second-order valence-electron chi connectivity index (χ2n) is 4.73. The van der Waals surface area contributed by atoms with Crippen LogP contribution in [0.25, 0.3) is 0 Å². The van der Waals surface area contributed by atoms with Crippen LogP contribution in [0, 0.1) is 12.7 Å². The lowest BCUT2D eigenvalue weighted by Gasteiger charge is -2.35. The molecule has 9 heteroatoms. The third kappa shape index (κ3) is 4.11. The first-order valence-electron chi connectivity index (χ1n) is 6.60. The highest BCUT2D eigenvalue weighted by atomic mass is 19.4. The van der Waals surface area contributed by atoms with Crippen molar-refractivity contribution in [2.45, 2.75) is 32.6 Å². The van der Waals surface area contributed by atoms with E-state index in [4.69, 9.17) is 0 Å². The second kappa shape index (κ2) is 6.84. The maximum atomic E-state index is 13.6. The van der Waals surface area contributed by atoms with Gasteiger partial charge in [-0.2, -0.15) is 13.2 Å². The molecule has 1 amide bonds. The molecular formula is C14H16F4N2O3. The van der Waals surface area contributed by atoms with E-state index in [9.17, 15) is 27.2 Å². The molecule has 0 saturated heterocycles. The average Bonchev–Trinajstić information content (AvgIpc) is 2.40. The highest BCUT2D eigenvalue weighted by Crippen LogP contribution is 2.34. The number of amides is 1. The second-order valence-corrected chi connectivity index (χ2v) is 4.73. The summed E-state index contributed by atoms with van der Waals surface area (Å²) in [5, 5.41) is 3.43. The first-order chi connectivity index (χ1) is 10.5. The van der Waals surface area contributed by atoms with Crippen molar-refractivity contribution in [3.8, 4) is 0 Å². The van der Waals surface area contributed by atoms with Crippen molar-refractivity contribution >= 4 is 17.6 Å². The Labute approximate surface area is 130 Å². The molecule has 0 saturated carbocycles. The molecule has 0 aromatic heterocycles. The molecular weight excluding hydrogens is 320 g/mol. The Morgan fingerprint density at radius 3 is 2.35 bits per heavy atom. The first kappa shape index (κ1) is 18.7. The Morgan fingerprint density at radius 1 is 1.26 bits per heavy atom. The zero-order valence-corrected chi connectivity index (χ0v) is 12.7. The van der Waals surface area contributed by atoms with Crippen LogP contribution in [-0.4, -0.2) is 30.3 Å². The molecule has 0 radical (unpaired) electrons. The number of hydrogen-bond donors (Lipinski definition) is 2. The monoisotopic (exact) mass is 336 g/mol. The molecule has 2 N–H and O–H groups in total. The van der Waals surface area contributed by atoms with Gasteiger partial charge in [0.05, 0.1) is 6.61 Å². The summed E-state index contributed by atoms with van der Waals surface area (Å²) in [5.41, 5.74) is -3.58. The van der Waals surface area contributed by atoms with Gasteiger partial charge >= 0.3 is 17.8 Å². The van der Waals surface area contributed by atoms with Gasteiger partial charge in [-0.05, 0) is 31.5 Å². The molecule has 0 aliphatic heterocycles. The summed E-state index contributed by atoms with van der Waals surface area (Å²) in [6, 6.07) is 3.08. The number of hydrogen-bond acceptors (Lipinski definition) is 4. The third-order valence-corrected chi connectivity index (χ3v) is 2.89. The summed E-state index contributed by atoms with van der Waals surface area (Å²) in [7, 11) is 0. The van der Waals surface area contributed by atoms with Gasteiger partial charge < -0.3 is 15.4 Å². The summed E-state index contributed by atoms with van der Waals surface area (Å²) in [5.74, 6) is -3.66. The van der Waals surface area contributed by atoms with Crippen LogP contribution in [0.5, 0.6) is 0 Å². The van der Waals surface area contributed by atoms with Gasteiger partial charge in [0, 0.05) is 12.6 Å². The molecule has 128 valence electrons. The van der Waals surface area contributed by atoms with E-state index >= 15 is 0 Å². The number of carbonyl (C=O) groups is 2. The zero-order chi connectivity index (χ0) is 17.8. The Bertz CT molecular complexity index is 604. The standard InChI is InChI=1S/C14H16F4N2O3/c1-4-23-12(22)13(14(16,17)18,19-9(3)21)20-11-7-10(15)6-5-8(11)2/h5-7,20H,4H2,1-3H3,(H,19,21)/t13-/m0/s1. The van der Waals surface area contributed by atoms with E-state index < -0.39 is 29.5 Å². The van der Waals surface area contributed by atoms with Gasteiger partial charge in [0.1, 0.15) is 5.82 Å². The smallest absolute Gasteiger partial charge is 0.441 e. The Morgan fingerprint density at radius 2 is 1.87 bits per heavy atom. The number of halogens is 4. The van der Waals surface area contributed by atoms with Crippen LogP contribution in [0.2, 0.25) is 0 Å². The van der Waals surface area contributed by atoms with E-state index in [0.29, 0.717) is 0 Å². The predicted octanol–water partition coefficient (Wildman–Crippen LogP) is 2.50. The first-order valence-corrected chi connectivity index (χ1v) is 6.60. The number of ether oxygens (including phenoxy) is 1. The molecule has 0 bridgehead atoms. The van der Waals surface area contributed by atoms with Crippen molar-refractivity contribution in [1.82, 2.24) is 5.32 Å². The van der Waals surface area contributed by atoms with E-state index in [1.54, 1.807) is 5.32 Å². The fourth-order valence-corrected chi connectivity index (χ4v) is 1.83. The van der Waals surface area contributed by atoms with Crippen molar-refractivity contribution in [1.29, 1.82) is 0 Å². The van der Waals surface area contributed by atoms with Gasteiger partial charge in [0.2, 0.25) is 5.91 Å². The van der Waals surface area contributed by atoms with Crippen molar-refractivity contribution in [3.63, 3.8) is 0 Å². The topological polar surface area (TPSA) is 67.4 Å². The number of esters is 1. The molecule has 0 fully saturated rings. The fraction of sp³-hybridized carbons (Fsp3) is 0.429. The zero-order valence-electron chi connectivity index (χ0n) is 12.7. The Kier molecular flexibility index (Phi) is 5.57. The number of rotatable bonds is 5. The molecule has 5 nitrogen and oxygen atoms in total. The normalized spacial score (nSPS) is 13.9. The molecule has 0 spiro atoms. The molecule has 1 aromatic carbocycles. The summed E-state index contributed by atoms with van der Waals surface area (Å²) in [6.07, 6.45) is -5.23. The lowest BCUT2D eigenvalue weighted by Crippen LogP contribution is -2.69. The molecule has 0 unspecified atom stereocenters.